The molecule has 0 saturated heterocycles. The van der Waals surface area contributed by atoms with Gasteiger partial charge >= 0.3 is 0 Å². The van der Waals surface area contributed by atoms with Gasteiger partial charge in [-0.05, 0) is 55.0 Å². The summed E-state index contributed by atoms with van der Waals surface area (Å²) in [6.07, 6.45) is 1.55. The topological polar surface area (TPSA) is 59.8 Å². The zero-order valence-corrected chi connectivity index (χ0v) is 18.0. The van der Waals surface area contributed by atoms with E-state index in [1.807, 2.05) is 6.92 Å². The fourth-order valence-electron chi connectivity index (χ4n) is 3.18. The molecule has 0 fully saturated rings. The smallest absolute Gasteiger partial charge is 0.272 e. The van der Waals surface area contributed by atoms with E-state index in [1.165, 1.54) is 23.9 Å². The number of carbonyl (C=O) groups is 2. The standard InChI is InChI=1S/C23H17ClFNO4S/c1-2-29-16-8-5-14(6-9-16)20-21(31-13-17-4-3-11-30-17)23(28)26(22(20)27)15-7-10-19(25)18(24)12-15/h3-12H,2,13H2,1H3. The Kier molecular flexibility index (Phi) is 6.15. The van der Waals surface area contributed by atoms with Crippen LogP contribution in [0.3, 0.4) is 0 Å². The van der Waals surface area contributed by atoms with Gasteiger partial charge in [-0.15, -0.1) is 11.8 Å². The van der Waals surface area contributed by atoms with Crippen LogP contribution < -0.4 is 9.64 Å². The second-order valence-electron chi connectivity index (χ2n) is 6.57. The molecular formula is C23H17ClFNO4S. The molecule has 31 heavy (non-hydrogen) atoms. The Bertz CT molecular complexity index is 1160. The van der Waals surface area contributed by atoms with Crippen molar-refractivity contribution in [1.29, 1.82) is 0 Å². The molecule has 0 saturated carbocycles. The molecular weight excluding hydrogens is 441 g/mol. The first-order valence-corrected chi connectivity index (χ1v) is 10.8. The molecule has 1 aliphatic heterocycles. The van der Waals surface area contributed by atoms with Crippen LogP contribution >= 0.6 is 23.4 Å². The predicted octanol–water partition coefficient (Wildman–Crippen LogP) is 5.69. The van der Waals surface area contributed by atoms with Crippen molar-refractivity contribution in [2.45, 2.75) is 12.7 Å². The Morgan fingerprint density at radius 1 is 1.10 bits per heavy atom. The van der Waals surface area contributed by atoms with E-state index >= 15 is 0 Å². The zero-order chi connectivity index (χ0) is 22.0. The van der Waals surface area contributed by atoms with Crippen LogP contribution in [-0.2, 0) is 15.3 Å². The number of halogens is 2. The molecule has 5 nitrogen and oxygen atoms in total. The highest BCUT2D eigenvalue weighted by Crippen LogP contribution is 2.40. The van der Waals surface area contributed by atoms with Crippen molar-refractivity contribution < 1.29 is 23.1 Å². The molecule has 0 radical (unpaired) electrons. The van der Waals surface area contributed by atoms with Gasteiger partial charge in [-0.25, -0.2) is 9.29 Å². The lowest BCUT2D eigenvalue weighted by atomic mass is 10.1. The summed E-state index contributed by atoms with van der Waals surface area (Å²) < 4.78 is 24.4. The van der Waals surface area contributed by atoms with E-state index in [4.69, 9.17) is 20.8 Å². The molecule has 2 amide bonds. The van der Waals surface area contributed by atoms with Crippen molar-refractivity contribution in [2.24, 2.45) is 0 Å². The minimum Gasteiger partial charge on any atom is -0.494 e. The summed E-state index contributed by atoms with van der Waals surface area (Å²) in [5.41, 5.74) is 1.06. The highest BCUT2D eigenvalue weighted by Gasteiger charge is 2.40. The number of ether oxygens (including phenoxy) is 1. The van der Waals surface area contributed by atoms with Crippen LogP contribution in [0.15, 0.2) is 70.2 Å². The van der Waals surface area contributed by atoms with Gasteiger partial charge in [0.05, 0.1) is 39.8 Å². The van der Waals surface area contributed by atoms with Gasteiger partial charge in [0.15, 0.2) is 0 Å². The lowest BCUT2D eigenvalue weighted by Gasteiger charge is -2.15. The van der Waals surface area contributed by atoms with Crippen LogP contribution in [0, 0.1) is 5.82 Å². The maximum Gasteiger partial charge on any atom is 0.272 e. The van der Waals surface area contributed by atoms with E-state index in [2.05, 4.69) is 0 Å². The summed E-state index contributed by atoms with van der Waals surface area (Å²) in [5, 5.41) is -0.169. The largest absolute Gasteiger partial charge is 0.494 e. The Balaban J connectivity index is 1.73. The first-order chi connectivity index (χ1) is 15.0. The number of carbonyl (C=O) groups excluding carboxylic acids is 2. The van der Waals surface area contributed by atoms with Crippen LogP contribution in [0.5, 0.6) is 5.75 Å². The third-order valence-corrected chi connectivity index (χ3v) is 5.98. The Morgan fingerprint density at radius 3 is 2.52 bits per heavy atom. The van der Waals surface area contributed by atoms with Gasteiger partial charge in [-0.3, -0.25) is 9.59 Å². The van der Waals surface area contributed by atoms with Crippen LogP contribution in [0.2, 0.25) is 5.02 Å². The van der Waals surface area contributed by atoms with Crippen molar-refractivity contribution in [2.75, 3.05) is 11.5 Å². The number of nitrogens with zero attached hydrogens (tertiary/aromatic N) is 1. The van der Waals surface area contributed by atoms with E-state index in [-0.39, 0.29) is 21.2 Å². The number of rotatable bonds is 7. The average molecular weight is 458 g/mol. The molecule has 2 aromatic carbocycles. The molecule has 4 rings (SSSR count). The van der Waals surface area contributed by atoms with Crippen molar-refractivity contribution in [3.63, 3.8) is 0 Å². The van der Waals surface area contributed by atoms with Crippen LogP contribution in [0.4, 0.5) is 10.1 Å². The molecule has 0 spiro atoms. The second-order valence-corrected chi connectivity index (χ2v) is 7.97. The summed E-state index contributed by atoms with van der Waals surface area (Å²) in [4.78, 5) is 27.9. The summed E-state index contributed by atoms with van der Waals surface area (Å²) in [5.74, 6) is 0.0889. The molecule has 2 heterocycles. The maximum absolute atomic E-state index is 13.6. The molecule has 0 unspecified atom stereocenters. The van der Waals surface area contributed by atoms with Gasteiger partial charge in [0.1, 0.15) is 17.3 Å². The van der Waals surface area contributed by atoms with E-state index in [0.717, 1.165) is 11.0 Å². The Hall–Kier alpha value is -3.03. The van der Waals surface area contributed by atoms with E-state index in [0.29, 0.717) is 29.4 Å². The van der Waals surface area contributed by atoms with Crippen molar-refractivity contribution in [1.82, 2.24) is 0 Å². The molecule has 3 aromatic rings. The third-order valence-electron chi connectivity index (χ3n) is 4.60. The Labute approximate surface area is 187 Å². The van der Waals surface area contributed by atoms with E-state index in [9.17, 15) is 14.0 Å². The number of amides is 2. The highest BCUT2D eigenvalue weighted by atomic mass is 35.5. The minimum absolute atomic E-state index is 0.169. The van der Waals surface area contributed by atoms with Crippen molar-refractivity contribution in [3.05, 3.63) is 87.9 Å². The van der Waals surface area contributed by atoms with E-state index < -0.39 is 17.6 Å². The number of imide groups is 1. The first kappa shape index (κ1) is 21.2. The number of furan rings is 1. The lowest BCUT2D eigenvalue weighted by Crippen LogP contribution is -2.31. The van der Waals surface area contributed by atoms with Crippen molar-refractivity contribution in [3.8, 4) is 5.75 Å². The normalized spacial score (nSPS) is 14.0. The highest BCUT2D eigenvalue weighted by molar-refractivity contribution is 8.03. The lowest BCUT2D eigenvalue weighted by molar-refractivity contribution is -0.119. The molecule has 0 aliphatic carbocycles. The van der Waals surface area contributed by atoms with Gasteiger partial charge in [0.2, 0.25) is 0 Å². The number of benzene rings is 2. The van der Waals surface area contributed by atoms with Gasteiger partial charge in [-0.1, -0.05) is 23.7 Å². The van der Waals surface area contributed by atoms with Gasteiger partial charge in [0, 0.05) is 0 Å². The quantitative estimate of drug-likeness (QED) is 0.426. The van der Waals surface area contributed by atoms with Crippen LogP contribution in [0.1, 0.15) is 18.2 Å². The van der Waals surface area contributed by atoms with Crippen LogP contribution in [-0.4, -0.2) is 18.4 Å². The first-order valence-electron chi connectivity index (χ1n) is 9.46. The molecule has 0 atom stereocenters. The zero-order valence-electron chi connectivity index (χ0n) is 16.4. The third kappa shape index (κ3) is 4.24. The van der Waals surface area contributed by atoms with Gasteiger partial charge < -0.3 is 9.15 Å². The van der Waals surface area contributed by atoms with Gasteiger partial charge in [-0.2, -0.15) is 0 Å². The molecule has 1 aromatic heterocycles. The SMILES string of the molecule is CCOc1ccc(C2=C(SCc3ccco3)C(=O)N(c3ccc(F)c(Cl)c3)C2=O)cc1. The molecule has 8 heteroatoms. The Morgan fingerprint density at radius 2 is 1.87 bits per heavy atom. The summed E-state index contributed by atoms with van der Waals surface area (Å²) in [7, 11) is 0. The maximum atomic E-state index is 13.6. The summed E-state index contributed by atoms with van der Waals surface area (Å²) >= 11 is 7.10. The van der Waals surface area contributed by atoms with E-state index in [1.54, 1.807) is 42.7 Å². The second kappa shape index (κ2) is 8.99. The number of hydrogen-bond acceptors (Lipinski definition) is 5. The summed E-state index contributed by atoms with van der Waals surface area (Å²) in [6, 6.07) is 14.3. The average Bonchev–Trinajstić information content (AvgIpc) is 3.36. The molecule has 0 bridgehead atoms. The molecule has 0 N–H and O–H groups in total. The monoisotopic (exact) mass is 457 g/mol. The van der Waals surface area contributed by atoms with Crippen molar-refractivity contribution >= 4 is 46.4 Å². The molecule has 158 valence electrons. The number of thioether (sulfide) groups is 1. The summed E-state index contributed by atoms with van der Waals surface area (Å²) in [6.45, 7) is 2.40. The number of anilines is 1. The molecule has 1 aliphatic rings. The van der Waals surface area contributed by atoms with Gasteiger partial charge in [0.25, 0.3) is 11.8 Å². The fourth-order valence-corrected chi connectivity index (χ4v) is 4.37. The predicted molar refractivity (Wildman–Crippen MR) is 118 cm³/mol. The minimum atomic E-state index is -0.628. The fraction of sp³-hybridized carbons (Fsp3) is 0.130. The van der Waals surface area contributed by atoms with Crippen LogP contribution in [0.25, 0.3) is 5.57 Å². The number of hydrogen-bond donors (Lipinski definition) is 0.